The largest absolute Gasteiger partial charge is 0.508 e. The number of nitrogens with zero attached hydrogens (tertiary/aromatic N) is 1. The molecule has 0 aliphatic carbocycles. The third kappa shape index (κ3) is 3.48. The van der Waals surface area contributed by atoms with Crippen LogP contribution in [-0.2, 0) is 6.54 Å². The van der Waals surface area contributed by atoms with E-state index in [1.807, 2.05) is 41.9 Å². The molecule has 0 amide bonds. The summed E-state index contributed by atoms with van der Waals surface area (Å²) in [5.41, 5.74) is 2.32. The smallest absolute Gasteiger partial charge is 0.115 e. The lowest BCUT2D eigenvalue weighted by Crippen LogP contribution is -2.21. The van der Waals surface area contributed by atoms with Crippen LogP contribution in [0.4, 0.5) is 0 Å². The van der Waals surface area contributed by atoms with E-state index in [9.17, 15) is 5.11 Å². The van der Waals surface area contributed by atoms with E-state index in [-0.39, 0.29) is 11.8 Å². The summed E-state index contributed by atoms with van der Waals surface area (Å²) in [6, 6.07) is 17.7. The third-order valence-electron chi connectivity index (χ3n) is 3.30. The second kappa shape index (κ2) is 6.52. The molecule has 3 rings (SSSR count). The van der Waals surface area contributed by atoms with E-state index in [0.29, 0.717) is 0 Å². The highest BCUT2D eigenvalue weighted by atomic mass is 32.1. The number of hydrogen-bond acceptors (Lipinski definition) is 4. The van der Waals surface area contributed by atoms with Crippen LogP contribution in [0.2, 0.25) is 0 Å². The van der Waals surface area contributed by atoms with Gasteiger partial charge in [-0.25, -0.2) is 4.98 Å². The maximum absolute atomic E-state index is 9.46. The molecule has 3 nitrogen and oxygen atoms in total. The maximum atomic E-state index is 9.46. The molecule has 2 aromatic carbocycles. The molecule has 0 saturated carbocycles. The molecule has 0 aliphatic rings. The fraction of sp³-hybridized carbons (Fsp3) is 0.118. The van der Waals surface area contributed by atoms with E-state index in [4.69, 9.17) is 0 Å². The van der Waals surface area contributed by atoms with Gasteiger partial charge < -0.3 is 5.11 Å². The Kier molecular flexibility index (Phi) is 4.28. The van der Waals surface area contributed by atoms with Crippen molar-refractivity contribution in [2.45, 2.75) is 12.6 Å². The molecule has 1 aromatic heterocycles. The zero-order valence-corrected chi connectivity index (χ0v) is 12.3. The zero-order chi connectivity index (χ0) is 14.5. The van der Waals surface area contributed by atoms with E-state index in [1.54, 1.807) is 23.5 Å². The van der Waals surface area contributed by atoms with E-state index in [0.717, 1.165) is 17.1 Å². The van der Waals surface area contributed by atoms with Gasteiger partial charge in [-0.05, 0) is 23.3 Å². The van der Waals surface area contributed by atoms with Crippen molar-refractivity contribution in [2.75, 3.05) is 0 Å². The zero-order valence-electron chi connectivity index (χ0n) is 11.4. The van der Waals surface area contributed by atoms with Gasteiger partial charge in [-0.15, -0.1) is 11.3 Å². The first-order chi connectivity index (χ1) is 10.3. The van der Waals surface area contributed by atoms with Crippen LogP contribution in [0.3, 0.4) is 0 Å². The highest BCUT2D eigenvalue weighted by Gasteiger charge is 2.13. The van der Waals surface area contributed by atoms with Crippen molar-refractivity contribution < 1.29 is 5.11 Å². The van der Waals surface area contributed by atoms with E-state index < -0.39 is 0 Å². The van der Waals surface area contributed by atoms with Crippen LogP contribution < -0.4 is 5.32 Å². The Balaban J connectivity index is 1.85. The first-order valence-corrected chi connectivity index (χ1v) is 7.66. The normalized spacial score (nSPS) is 12.2. The average molecular weight is 296 g/mol. The second-order valence-electron chi connectivity index (χ2n) is 4.74. The SMILES string of the molecule is Oc1ccc(C(NCc2nccs2)c2ccccc2)cc1. The Morgan fingerprint density at radius 2 is 1.71 bits per heavy atom. The van der Waals surface area contributed by atoms with Gasteiger partial charge in [0.05, 0.1) is 6.04 Å². The van der Waals surface area contributed by atoms with Gasteiger partial charge in [-0.3, -0.25) is 5.32 Å². The maximum Gasteiger partial charge on any atom is 0.115 e. The van der Waals surface area contributed by atoms with Crippen LogP contribution in [-0.4, -0.2) is 10.1 Å². The summed E-state index contributed by atoms with van der Waals surface area (Å²) < 4.78 is 0. The molecule has 0 radical (unpaired) electrons. The van der Waals surface area contributed by atoms with E-state index in [2.05, 4.69) is 22.4 Å². The average Bonchev–Trinajstić information content (AvgIpc) is 3.04. The van der Waals surface area contributed by atoms with Crippen molar-refractivity contribution in [3.8, 4) is 5.75 Å². The summed E-state index contributed by atoms with van der Waals surface area (Å²) >= 11 is 1.64. The number of phenolic OH excluding ortho intramolecular Hbond substituents is 1. The molecule has 21 heavy (non-hydrogen) atoms. The number of rotatable bonds is 5. The van der Waals surface area contributed by atoms with Crippen molar-refractivity contribution >= 4 is 11.3 Å². The van der Waals surface area contributed by atoms with Crippen LogP contribution >= 0.6 is 11.3 Å². The molecule has 0 spiro atoms. The molecular weight excluding hydrogens is 280 g/mol. The molecule has 0 saturated heterocycles. The minimum absolute atomic E-state index is 0.0794. The molecule has 1 unspecified atom stereocenters. The monoisotopic (exact) mass is 296 g/mol. The Morgan fingerprint density at radius 3 is 2.38 bits per heavy atom. The van der Waals surface area contributed by atoms with E-state index >= 15 is 0 Å². The molecule has 1 atom stereocenters. The fourth-order valence-electron chi connectivity index (χ4n) is 2.27. The molecular formula is C17H16N2OS. The summed E-state index contributed by atoms with van der Waals surface area (Å²) in [7, 11) is 0. The van der Waals surface area contributed by atoms with Crippen LogP contribution in [0.1, 0.15) is 22.2 Å². The molecule has 2 N–H and O–H groups in total. The number of aromatic hydroxyl groups is 1. The molecule has 0 bridgehead atoms. The Hall–Kier alpha value is -2.17. The number of benzene rings is 2. The molecule has 1 heterocycles. The number of aromatic nitrogens is 1. The predicted octanol–water partition coefficient (Wildman–Crippen LogP) is 3.73. The lowest BCUT2D eigenvalue weighted by Gasteiger charge is -2.19. The molecule has 0 fully saturated rings. The highest BCUT2D eigenvalue weighted by molar-refractivity contribution is 7.09. The minimum Gasteiger partial charge on any atom is -0.508 e. The van der Waals surface area contributed by atoms with Gasteiger partial charge in [-0.1, -0.05) is 42.5 Å². The van der Waals surface area contributed by atoms with Crippen LogP contribution in [0, 0.1) is 0 Å². The molecule has 0 aliphatic heterocycles. The number of hydrogen-bond donors (Lipinski definition) is 2. The highest BCUT2D eigenvalue weighted by Crippen LogP contribution is 2.24. The van der Waals surface area contributed by atoms with Crippen LogP contribution in [0.5, 0.6) is 5.75 Å². The van der Waals surface area contributed by atoms with Gasteiger partial charge in [0.15, 0.2) is 0 Å². The van der Waals surface area contributed by atoms with Gasteiger partial charge in [0, 0.05) is 18.1 Å². The molecule has 106 valence electrons. The Labute approximate surface area is 127 Å². The minimum atomic E-state index is 0.0794. The quantitative estimate of drug-likeness (QED) is 0.754. The fourth-order valence-corrected chi connectivity index (χ4v) is 2.84. The summed E-state index contributed by atoms with van der Waals surface area (Å²) in [4.78, 5) is 4.31. The number of thiazole rings is 1. The van der Waals surface area contributed by atoms with Gasteiger partial charge in [-0.2, -0.15) is 0 Å². The summed E-state index contributed by atoms with van der Waals surface area (Å²) in [5.74, 6) is 0.283. The molecule has 4 heteroatoms. The number of nitrogens with one attached hydrogen (secondary N) is 1. The van der Waals surface area contributed by atoms with E-state index in [1.165, 1.54) is 5.56 Å². The first kappa shape index (κ1) is 13.8. The Bertz CT molecular complexity index is 666. The van der Waals surface area contributed by atoms with Crippen molar-refractivity contribution in [2.24, 2.45) is 0 Å². The van der Waals surface area contributed by atoms with Crippen LogP contribution in [0.15, 0.2) is 66.2 Å². The van der Waals surface area contributed by atoms with Crippen molar-refractivity contribution in [3.05, 3.63) is 82.3 Å². The summed E-state index contributed by atoms with van der Waals surface area (Å²) in [6.07, 6.45) is 1.82. The molecule has 3 aromatic rings. The van der Waals surface area contributed by atoms with Gasteiger partial charge in [0.1, 0.15) is 10.8 Å². The van der Waals surface area contributed by atoms with Gasteiger partial charge in [0.25, 0.3) is 0 Å². The summed E-state index contributed by atoms with van der Waals surface area (Å²) in [5, 5.41) is 16.0. The Morgan fingerprint density at radius 1 is 1.00 bits per heavy atom. The first-order valence-electron chi connectivity index (χ1n) is 6.78. The van der Waals surface area contributed by atoms with Crippen LogP contribution in [0.25, 0.3) is 0 Å². The lowest BCUT2D eigenvalue weighted by atomic mass is 9.98. The summed E-state index contributed by atoms with van der Waals surface area (Å²) in [6.45, 7) is 0.720. The van der Waals surface area contributed by atoms with Crippen molar-refractivity contribution in [1.82, 2.24) is 10.3 Å². The second-order valence-corrected chi connectivity index (χ2v) is 5.72. The predicted molar refractivity (Wildman–Crippen MR) is 85.3 cm³/mol. The topological polar surface area (TPSA) is 45.1 Å². The van der Waals surface area contributed by atoms with Crippen molar-refractivity contribution in [3.63, 3.8) is 0 Å². The standard InChI is InChI=1S/C17H16N2OS/c20-15-8-6-14(7-9-15)17(13-4-2-1-3-5-13)19-12-16-18-10-11-21-16/h1-11,17,19-20H,12H2. The van der Waals surface area contributed by atoms with Gasteiger partial charge >= 0.3 is 0 Å². The number of phenols is 1. The van der Waals surface area contributed by atoms with Gasteiger partial charge in [0.2, 0.25) is 0 Å². The lowest BCUT2D eigenvalue weighted by molar-refractivity contribution is 0.474. The van der Waals surface area contributed by atoms with Crippen molar-refractivity contribution in [1.29, 1.82) is 0 Å². The third-order valence-corrected chi connectivity index (χ3v) is 4.08.